The van der Waals surface area contributed by atoms with Gasteiger partial charge in [0.1, 0.15) is 5.41 Å². The van der Waals surface area contributed by atoms with Gasteiger partial charge in [0, 0.05) is 0 Å². The molecular weight excluding hydrogens is 244 g/mol. The van der Waals surface area contributed by atoms with Crippen LogP contribution < -0.4 is 10.2 Å². The van der Waals surface area contributed by atoms with E-state index in [1.165, 1.54) is 0 Å². The SMILES string of the molecule is Cc1ccc(C)c(N2C(=O)NC(=O)C3(CC3)C2=O)c1. The van der Waals surface area contributed by atoms with Crippen LogP contribution in [0.1, 0.15) is 24.0 Å². The Morgan fingerprint density at radius 1 is 1.16 bits per heavy atom. The third kappa shape index (κ3) is 1.58. The Labute approximate surface area is 110 Å². The van der Waals surface area contributed by atoms with Crippen molar-refractivity contribution in [1.82, 2.24) is 5.32 Å². The Morgan fingerprint density at radius 3 is 2.47 bits per heavy atom. The van der Waals surface area contributed by atoms with Crippen LogP contribution in [0.5, 0.6) is 0 Å². The van der Waals surface area contributed by atoms with Gasteiger partial charge in [-0.3, -0.25) is 14.9 Å². The summed E-state index contributed by atoms with van der Waals surface area (Å²) in [6.45, 7) is 3.73. The number of carbonyl (C=O) groups is 3. The Morgan fingerprint density at radius 2 is 1.84 bits per heavy atom. The zero-order chi connectivity index (χ0) is 13.8. The first-order chi connectivity index (χ1) is 8.95. The van der Waals surface area contributed by atoms with Crippen LogP contribution in [-0.4, -0.2) is 17.8 Å². The summed E-state index contributed by atoms with van der Waals surface area (Å²) in [5.74, 6) is -0.848. The molecule has 5 nitrogen and oxygen atoms in total. The molecular formula is C14H14N2O3. The number of anilines is 1. The van der Waals surface area contributed by atoms with E-state index in [4.69, 9.17) is 0 Å². The molecule has 1 aromatic carbocycles. The van der Waals surface area contributed by atoms with Crippen molar-refractivity contribution < 1.29 is 14.4 Å². The van der Waals surface area contributed by atoms with E-state index in [2.05, 4.69) is 5.32 Å². The van der Waals surface area contributed by atoms with Gasteiger partial charge in [0.25, 0.3) is 5.91 Å². The number of urea groups is 1. The number of benzene rings is 1. The largest absolute Gasteiger partial charge is 0.335 e. The van der Waals surface area contributed by atoms with E-state index >= 15 is 0 Å². The normalized spacial score (nSPS) is 20.7. The molecule has 1 aliphatic heterocycles. The average molecular weight is 258 g/mol. The number of rotatable bonds is 1. The number of barbiturate groups is 1. The number of hydrogen-bond acceptors (Lipinski definition) is 3. The second-order valence-electron chi connectivity index (χ2n) is 5.27. The second kappa shape index (κ2) is 3.66. The first kappa shape index (κ1) is 11.9. The van der Waals surface area contributed by atoms with Crippen molar-refractivity contribution in [2.24, 2.45) is 5.41 Å². The Bertz CT molecular complexity index is 617. The molecule has 4 amide bonds. The summed E-state index contributed by atoms with van der Waals surface area (Å²) < 4.78 is 0. The molecule has 1 spiro atoms. The smallest absolute Gasteiger partial charge is 0.276 e. The molecule has 0 atom stereocenters. The fraction of sp³-hybridized carbons (Fsp3) is 0.357. The summed E-state index contributed by atoms with van der Waals surface area (Å²) in [4.78, 5) is 37.3. The van der Waals surface area contributed by atoms with Crippen LogP contribution >= 0.6 is 0 Å². The first-order valence-electron chi connectivity index (χ1n) is 6.23. The molecule has 0 radical (unpaired) electrons. The van der Waals surface area contributed by atoms with E-state index < -0.39 is 23.3 Å². The second-order valence-corrected chi connectivity index (χ2v) is 5.27. The van der Waals surface area contributed by atoms with Crippen LogP contribution in [0.15, 0.2) is 18.2 Å². The lowest BCUT2D eigenvalue weighted by atomic mass is 10.00. The summed E-state index contributed by atoms with van der Waals surface area (Å²) in [5.41, 5.74) is 1.35. The van der Waals surface area contributed by atoms with Crippen molar-refractivity contribution in [2.45, 2.75) is 26.7 Å². The number of imide groups is 2. The highest BCUT2D eigenvalue weighted by Gasteiger charge is 2.62. The van der Waals surface area contributed by atoms with Crippen LogP contribution in [0.25, 0.3) is 0 Å². The van der Waals surface area contributed by atoms with Gasteiger partial charge in [0.15, 0.2) is 0 Å². The molecule has 5 heteroatoms. The van der Waals surface area contributed by atoms with E-state index in [9.17, 15) is 14.4 Å². The van der Waals surface area contributed by atoms with Gasteiger partial charge in [0.05, 0.1) is 5.69 Å². The van der Waals surface area contributed by atoms with E-state index in [1.54, 1.807) is 6.07 Å². The molecule has 2 aliphatic rings. The molecule has 2 fully saturated rings. The van der Waals surface area contributed by atoms with E-state index in [1.807, 2.05) is 26.0 Å². The molecule has 1 aliphatic carbocycles. The van der Waals surface area contributed by atoms with Crippen LogP contribution in [0.3, 0.4) is 0 Å². The van der Waals surface area contributed by atoms with Crippen LogP contribution in [0.4, 0.5) is 10.5 Å². The standard InChI is InChI=1S/C14H14N2O3/c1-8-3-4-9(2)10(7-8)16-12(18)14(5-6-14)11(17)15-13(16)19/h3-4,7H,5-6H2,1-2H3,(H,15,17,19). The third-order valence-corrected chi connectivity index (χ3v) is 3.83. The van der Waals surface area contributed by atoms with Crippen molar-refractivity contribution in [1.29, 1.82) is 0 Å². The molecule has 1 saturated carbocycles. The van der Waals surface area contributed by atoms with Gasteiger partial charge in [-0.2, -0.15) is 0 Å². The third-order valence-electron chi connectivity index (χ3n) is 3.83. The summed E-state index contributed by atoms with van der Waals surface area (Å²) in [7, 11) is 0. The number of hydrogen-bond donors (Lipinski definition) is 1. The molecule has 1 N–H and O–H groups in total. The van der Waals surface area contributed by atoms with Gasteiger partial charge in [0.2, 0.25) is 5.91 Å². The minimum Gasteiger partial charge on any atom is -0.276 e. The maximum absolute atomic E-state index is 12.4. The maximum Gasteiger partial charge on any atom is 0.335 e. The Balaban J connectivity index is 2.08. The maximum atomic E-state index is 12.4. The van der Waals surface area contributed by atoms with Gasteiger partial charge in [-0.1, -0.05) is 12.1 Å². The fourth-order valence-electron chi connectivity index (χ4n) is 2.42. The molecule has 1 saturated heterocycles. The Hall–Kier alpha value is -2.17. The lowest BCUT2D eigenvalue weighted by Crippen LogP contribution is -2.59. The van der Waals surface area contributed by atoms with Crippen molar-refractivity contribution in [3.63, 3.8) is 0 Å². The van der Waals surface area contributed by atoms with Crippen LogP contribution in [0, 0.1) is 19.3 Å². The number of aryl methyl sites for hydroxylation is 2. The number of carbonyl (C=O) groups excluding carboxylic acids is 3. The number of nitrogens with zero attached hydrogens (tertiary/aromatic N) is 1. The molecule has 1 aromatic rings. The lowest BCUT2D eigenvalue weighted by molar-refractivity contribution is -0.136. The highest BCUT2D eigenvalue weighted by Crippen LogP contribution is 2.49. The van der Waals surface area contributed by atoms with E-state index in [0.717, 1.165) is 16.0 Å². The lowest BCUT2D eigenvalue weighted by Gasteiger charge is -2.31. The predicted octanol–water partition coefficient (Wildman–Crippen LogP) is 1.67. The van der Waals surface area contributed by atoms with Gasteiger partial charge >= 0.3 is 6.03 Å². The molecule has 3 rings (SSSR count). The molecule has 1 heterocycles. The minimum atomic E-state index is -0.996. The van der Waals surface area contributed by atoms with Gasteiger partial charge in [-0.25, -0.2) is 9.69 Å². The summed E-state index contributed by atoms with van der Waals surface area (Å²) in [5, 5.41) is 2.28. The first-order valence-corrected chi connectivity index (χ1v) is 6.23. The molecule has 0 bridgehead atoms. The summed E-state index contributed by atoms with van der Waals surface area (Å²) in [6, 6.07) is 4.92. The van der Waals surface area contributed by atoms with Gasteiger partial charge in [-0.15, -0.1) is 0 Å². The average Bonchev–Trinajstić information content (AvgIpc) is 3.13. The van der Waals surface area contributed by atoms with Crippen molar-refractivity contribution in [2.75, 3.05) is 4.90 Å². The fourth-order valence-corrected chi connectivity index (χ4v) is 2.42. The monoisotopic (exact) mass is 258 g/mol. The number of nitrogens with one attached hydrogen (secondary N) is 1. The van der Waals surface area contributed by atoms with Crippen LogP contribution in [0.2, 0.25) is 0 Å². The zero-order valence-electron chi connectivity index (χ0n) is 10.8. The van der Waals surface area contributed by atoms with Gasteiger partial charge in [-0.05, 0) is 43.9 Å². The highest BCUT2D eigenvalue weighted by molar-refractivity contribution is 6.31. The Kier molecular flexibility index (Phi) is 2.29. The predicted molar refractivity (Wildman–Crippen MR) is 68.6 cm³/mol. The molecule has 19 heavy (non-hydrogen) atoms. The van der Waals surface area contributed by atoms with E-state index in [-0.39, 0.29) is 0 Å². The van der Waals surface area contributed by atoms with Crippen molar-refractivity contribution >= 4 is 23.5 Å². The quantitative estimate of drug-likeness (QED) is 0.779. The molecule has 0 aromatic heterocycles. The topological polar surface area (TPSA) is 66.5 Å². The highest BCUT2D eigenvalue weighted by atomic mass is 16.2. The number of amides is 4. The van der Waals surface area contributed by atoms with E-state index in [0.29, 0.717) is 18.5 Å². The zero-order valence-corrected chi connectivity index (χ0v) is 10.8. The van der Waals surface area contributed by atoms with Crippen molar-refractivity contribution in [3.05, 3.63) is 29.3 Å². The van der Waals surface area contributed by atoms with Crippen LogP contribution in [-0.2, 0) is 9.59 Å². The summed E-state index contributed by atoms with van der Waals surface area (Å²) in [6.07, 6.45) is 1.04. The summed E-state index contributed by atoms with van der Waals surface area (Å²) >= 11 is 0. The van der Waals surface area contributed by atoms with Crippen molar-refractivity contribution in [3.8, 4) is 0 Å². The molecule has 0 unspecified atom stereocenters. The molecule has 98 valence electrons. The van der Waals surface area contributed by atoms with Gasteiger partial charge < -0.3 is 0 Å². The minimum absolute atomic E-state index is 0.394.